The van der Waals surface area contributed by atoms with Gasteiger partial charge < -0.3 is 0 Å². The lowest BCUT2D eigenvalue weighted by Gasteiger charge is -2.05. The van der Waals surface area contributed by atoms with Crippen LogP contribution in [-0.4, -0.2) is 0 Å². The Labute approximate surface area is 181 Å². The van der Waals surface area contributed by atoms with Gasteiger partial charge in [-0.1, -0.05) is 77.6 Å². The fourth-order valence-corrected chi connectivity index (χ4v) is 3.51. The first kappa shape index (κ1) is 20.6. The van der Waals surface area contributed by atoms with E-state index in [2.05, 4.69) is 37.8 Å². The average molecular weight is 408 g/mol. The summed E-state index contributed by atoms with van der Waals surface area (Å²) in [5.41, 5.74) is 5.70. The van der Waals surface area contributed by atoms with E-state index in [1.54, 1.807) is 42.5 Å². The highest BCUT2D eigenvalue weighted by Gasteiger charge is 2.12. The van der Waals surface area contributed by atoms with Crippen LogP contribution in [0.25, 0.3) is 22.4 Å². The van der Waals surface area contributed by atoms with Crippen LogP contribution >= 0.6 is 0 Å². The van der Waals surface area contributed by atoms with Crippen molar-refractivity contribution in [2.24, 2.45) is 0 Å². The number of hydrogen-bond donors (Lipinski definition) is 0. The highest BCUT2D eigenvalue weighted by Crippen LogP contribution is 2.31. The highest BCUT2D eigenvalue weighted by atomic mass is 19.2. The Kier molecular flexibility index (Phi) is 5.69. The second-order valence-corrected chi connectivity index (χ2v) is 7.84. The molecule has 4 aromatic rings. The van der Waals surface area contributed by atoms with E-state index in [0.29, 0.717) is 0 Å². The molecule has 31 heavy (non-hydrogen) atoms. The van der Waals surface area contributed by atoms with Crippen molar-refractivity contribution in [3.8, 4) is 11.8 Å². The summed E-state index contributed by atoms with van der Waals surface area (Å²) in [7, 11) is 0. The van der Waals surface area contributed by atoms with E-state index in [0.717, 1.165) is 33.0 Å². The van der Waals surface area contributed by atoms with Gasteiger partial charge in [-0.25, -0.2) is 8.78 Å². The molecule has 0 heterocycles. The molecule has 0 bridgehead atoms. The minimum absolute atomic E-state index is 0.222. The summed E-state index contributed by atoms with van der Waals surface area (Å²) >= 11 is 0. The molecule has 0 aromatic heterocycles. The topological polar surface area (TPSA) is 0 Å². The Balaban J connectivity index is 1.65. The van der Waals surface area contributed by atoms with Crippen LogP contribution in [0.4, 0.5) is 8.78 Å². The molecule has 0 spiro atoms. The van der Waals surface area contributed by atoms with Gasteiger partial charge in [0.15, 0.2) is 11.7 Å². The predicted molar refractivity (Wildman–Crippen MR) is 126 cm³/mol. The van der Waals surface area contributed by atoms with E-state index in [1.165, 1.54) is 5.56 Å². The monoisotopic (exact) mass is 408 g/mol. The summed E-state index contributed by atoms with van der Waals surface area (Å²) in [4.78, 5) is 0. The van der Waals surface area contributed by atoms with E-state index in [4.69, 9.17) is 0 Å². The molecule has 0 unspecified atom stereocenters. The summed E-state index contributed by atoms with van der Waals surface area (Å²) in [5, 5.41) is 1.76. The molecule has 0 aliphatic rings. The van der Waals surface area contributed by atoms with Crippen LogP contribution in [0.2, 0.25) is 0 Å². The first-order chi connectivity index (χ1) is 14.9. The van der Waals surface area contributed by atoms with Crippen LogP contribution in [0, 0.1) is 32.6 Å². The maximum Gasteiger partial charge on any atom is 0.166 e. The molecule has 0 atom stereocenters. The summed E-state index contributed by atoms with van der Waals surface area (Å²) in [5.74, 6) is 4.71. The Hall–Kier alpha value is -3.70. The number of benzene rings is 4. The fourth-order valence-electron chi connectivity index (χ4n) is 3.51. The zero-order valence-electron chi connectivity index (χ0n) is 17.8. The zero-order chi connectivity index (χ0) is 22.0. The third kappa shape index (κ3) is 4.57. The second-order valence-electron chi connectivity index (χ2n) is 7.84. The van der Waals surface area contributed by atoms with Gasteiger partial charge in [-0.2, -0.15) is 0 Å². The van der Waals surface area contributed by atoms with Crippen molar-refractivity contribution in [3.63, 3.8) is 0 Å². The van der Waals surface area contributed by atoms with Crippen LogP contribution in [0.5, 0.6) is 0 Å². The van der Waals surface area contributed by atoms with Crippen molar-refractivity contribution in [1.82, 2.24) is 0 Å². The van der Waals surface area contributed by atoms with E-state index >= 15 is 0 Å². The largest absolute Gasteiger partial charge is 0.203 e. The third-order valence-corrected chi connectivity index (χ3v) is 5.31. The Morgan fingerprint density at radius 2 is 1.19 bits per heavy atom. The van der Waals surface area contributed by atoms with Gasteiger partial charge in [0.2, 0.25) is 0 Å². The molecule has 0 aliphatic carbocycles. The highest BCUT2D eigenvalue weighted by molar-refractivity contribution is 5.90. The van der Waals surface area contributed by atoms with Crippen LogP contribution in [0.15, 0.2) is 78.9 Å². The molecule has 0 fully saturated rings. The number of halogens is 2. The Morgan fingerprint density at radius 3 is 1.94 bits per heavy atom. The second kappa shape index (κ2) is 8.58. The van der Waals surface area contributed by atoms with Crippen LogP contribution in [0.3, 0.4) is 0 Å². The number of hydrogen-bond acceptors (Lipinski definition) is 0. The minimum atomic E-state index is -0.857. The minimum Gasteiger partial charge on any atom is -0.203 e. The van der Waals surface area contributed by atoms with Gasteiger partial charge >= 0.3 is 0 Å². The van der Waals surface area contributed by atoms with Crippen LogP contribution in [-0.2, 0) is 0 Å². The molecule has 0 nitrogen and oxygen atoms in total. The quantitative estimate of drug-likeness (QED) is 0.233. The Bertz CT molecular complexity index is 1360. The van der Waals surface area contributed by atoms with Crippen LogP contribution in [0.1, 0.15) is 38.9 Å². The normalized spacial score (nSPS) is 11.6. The van der Waals surface area contributed by atoms with E-state index < -0.39 is 11.7 Å². The molecule has 0 aliphatic heterocycles. The smallest absolute Gasteiger partial charge is 0.166 e. The molecule has 0 saturated carbocycles. The van der Waals surface area contributed by atoms with Gasteiger partial charge in [-0.3, -0.25) is 0 Å². The van der Waals surface area contributed by atoms with Gasteiger partial charge in [-0.15, -0.1) is 0 Å². The number of rotatable bonds is 2. The van der Waals surface area contributed by atoms with Crippen molar-refractivity contribution in [2.75, 3.05) is 0 Å². The molecule has 0 amide bonds. The number of aryl methyl sites for hydroxylation is 3. The SMILES string of the molecule is Cc1ccc(/C(F)=C(\F)c2ccc3cc(C#Cc4ccc(C)cc4C)ccc3c2)cc1. The molecule has 0 N–H and O–H groups in total. The average Bonchev–Trinajstić information content (AvgIpc) is 2.77. The molecule has 4 rings (SSSR count). The molecule has 0 radical (unpaired) electrons. The van der Waals surface area contributed by atoms with Crippen molar-refractivity contribution < 1.29 is 8.78 Å². The first-order valence-corrected chi connectivity index (χ1v) is 10.2. The van der Waals surface area contributed by atoms with Gasteiger partial charge in [0, 0.05) is 22.3 Å². The predicted octanol–water partition coefficient (Wildman–Crippen LogP) is 7.93. The maximum atomic E-state index is 14.8. The first-order valence-electron chi connectivity index (χ1n) is 10.2. The van der Waals surface area contributed by atoms with Crippen molar-refractivity contribution >= 4 is 22.4 Å². The zero-order valence-corrected chi connectivity index (χ0v) is 17.8. The summed E-state index contributed by atoms with van der Waals surface area (Å²) in [6.07, 6.45) is 0. The van der Waals surface area contributed by atoms with Crippen molar-refractivity contribution in [3.05, 3.63) is 118 Å². The van der Waals surface area contributed by atoms with Gasteiger partial charge in [0.1, 0.15) is 0 Å². The van der Waals surface area contributed by atoms with Crippen molar-refractivity contribution in [1.29, 1.82) is 0 Å². The lowest BCUT2D eigenvalue weighted by atomic mass is 10.0. The molecular formula is C29H22F2. The van der Waals surface area contributed by atoms with E-state index in [9.17, 15) is 8.78 Å². The van der Waals surface area contributed by atoms with Gasteiger partial charge in [-0.05, 0) is 61.4 Å². The summed E-state index contributed by atoms with van der Waals surface area (Å²) in [6, 6.07) is 23.7. The molecule has 0 saturated heterocycles. The summed E-state index contributed by atoms with van der Waals surface area (Å²) < 4.78 is 29.4. The molecule has 4 aromatic carbocycles. The van der Waals surface area contributed by atoms with Gasteiger partial charge in [0.25, 0.3) is 0 Å². The molecule has 152 valence electrons. The Morgan fingerprint density at radius 1 is 0.581 bits per heavy atom. The standard InChI is InChI=1S/C29H22F2/c1-19-4-10-24(11-5-19)28(30)29(31)27-15-14-25-17-22(8-13-26(25)18-27)7-12-23-9-6-20(2)16-21(23)3/h4-6,8-11,13-18H,1-3H3/b29-28+. The lowest BCUT2D eigenvalue weighted by Crippen LogP contribution is -1.86. The van der Waals surface area contributed by atoms with Crippen LogP contribution < -0.4 is 0 Å². The maximum absolute atomic E-state index is 14.8. The third-order valence-electron chi connectivity index (χ3n) is 5.31. The molecule has 2 heteroatoms. The molecular weight excluding hydrogens is 386 g/mol. The number of fused-ring (bicyclic) bond motifs is 1. The fraction of sp³-hybridized carbons (Fsp3) is 0.103. The lowest BCUT2D eigenvalue weighted by molar-refractivity contribution is 0.700. The van der Waals surface area contributed by atoms with Gasteiger partial charge in [0.05, 0.1) is 0 Å². The summed E-state index contributed by atoms with van der Waals surface area (Å²) in [6.45, 7) is 6.02. The van der Waals surface area contributed by atoms with Crippen molar-refractivity contribution in [2.45, 2.75) is 20.8 Å². The van der Waals surface area contributed by atoms with E-state index in [1.807, 2.05) is 31.2 Å². The van der Waals surface area contributed by atoms with E-state index in [-0.39, 0.29) is 11.1 Å².